The van der Waals surface area contributed by atoms with Gasteiger partial charge in [-0.2, -0.15) is 0 Å². The molecule has 0 fully saturated rings. The second-order valence-electron chi connectivity index (χ2n) is 6.89. The standard InChI is InChI=1S/C21H22FN3O/c1-3-25(2)12-13-4-6-14(7-5-13)20-16-8-9-23-21(26)17-10-15(22)11-18(24-20)19(16)17/h4-7,10-11,24H,3,8-9,12H2,1-2H3,(H,23,26). The van der Waals surface area contributed by atoms with Gasteiger partial charge < -0.3 is 15.2 Å². The number of halogens is 1. The van der Waals surface area contributed by atoms with Crippen molar-refractivity contribution in [2.75, 3.05) is 20.1 Å². The number of aromatic nitrogens is 1. The van der Waals surface area contributed by atoms with Gasteiger partial charge in [-0.05, 0) is 48.8 Å². The molecule has 3 aromatic rings. The molecule has 0 unspecified atom stereocenters. The fourth-order valence-electron chi connectivity index (χ4n) is 3.64. The highest BCUT2D eigenvalue weighted by Crippen LogP contribution is 2.34. The molecule has 0 aliphatic carbocycles. The normalized spacial score (nSPS) is 13.9. The van der Waals surface area contributed by atoms with Crippen LogP contribution >= 0.6 is 0 Å². The maximum absolute atomic E-state index is 14.0. The van der Waals surface area contributed by atoms with Crippen LogP contribution in [0.4, 0.5) is 4.39 Å². The van der Waals surface area contributed by atoms with Crippen LogP contribution in [0.15, 0.2) is 36.4 Å². The van der Waals surface area contributed by atoms with Crippen molar-refractivity contribution >= 4 is 16.8 Å². The summed E-state index contributed by atoms with van der Waals surface area (Å²) in [6.07, 6.45) is 0.722. The van der Waals surface area contributed by atoms with Crippen molar-refractivity contribution in [1.82, 2.24) is 15.2 Å². The molecule has 0 radical (unpaired) electrons. The summed E-state index contributed by atoms with van der Waals surface area (Å²) >= 11 is 0. The van der Waals surface area contributed by atoms with E-state index in [9.17, 15) is 9.18 Å². The first kappa shape index (κ1) is 16.8. The molecule has 0 saturated carbocycles. The van der Waals surface area contributed by atoms with Gasteiger partial charge in [-0.25, -0.2) is 4.39 Å². The summed E-state index contributed by atoms with van der Waals surface area (Å²) in [7, 11) is 2.10. The monoisotopic (exact) mass is 351 g/mol. The molecule has 0 atom stereocenters. The number of benzene rings is 2. The molecule has 1 aliphatic rings. The quantitative estimate of drug-likeness (QED) is 0.753. The van der Waals surface area contributed by atoms with Gasteiger partial charge in [-0.1, -0.05) is 31.2 Å². The number of amides is 1. The van der Waals surface area contributed by atoms with Crippen molar-refractivity contribution in [2.24, 2.45) is 0 Å². The van der Waals surface area contributed by atoms with Crippen molar-refractivity contribution in [3.8, 4) is 11.3 Å². The van der Waals surface area contributed by atoms with Crippen molar-refractivity contribution in [3.63, 3.8) is 0 Å². The van der Waals surface area contributed by atoms with Crippen LogP contribution in [0.2, 0.25) is 0 Å². The van der Waals surface area contributed by atoms with Crippen LogP contribution < -0.4 is 5.32 Å². The Morgan fingerprint density at radius 1 is 1.19 bits per heavy atom. The summed E-state index contributed by atoms with van der Waals surface area (Å²) in [6.45, 7) is 4.60. The van der Waals surface area contributed by atoms with E-state index >= 15 is 0 Å². The molecule has 26 heavy (non-hydrogen) atoms. The molecule has 1 amide bonds. The molecular formula is C21H22FN3O. The van der Waals surface area contributed by atoms with Crippen molar-refractivity contribution in [2.45, 2.75) is 19.9 Å². The van der Waals surface area contributed by atoms with Gasteiger partial charge in [0.25, 0.3) is 5.91 Å². The lowest BCUT2D eigenvalue weighted by atomic mass is 9.99. The molecule has 1 aromatic heterocycles. The number of nitrogens with one attached hydrogen (secondary N) is 2. The van der Waals surface area contributed by atoms with Gasteiger partial charge in [0.15, 0.2) is 0 Å². The molecule has 134 valence electrons. The predicted molar refractivity (Wildman–Crippen MR) is 102 cm³/mol. The highest BCUT2D eigenvalue weighted by molar-refractivity contribution is 6.10. The number of hydrogen-bond acceptors (Lipinski definition) is 2. The number of nitrogens with zero attached hydrogens (tertiary/aromatic N) is 1. The number of hydrogen-bond donors (Lipinski definition) is 2. The summed E-state index contributed by atoms with van der Waals surface area (Å²) in [6, 6.07) is 11.2. The van der Waals surface area contributed by atoms with Gasteiger partial charge in [0.1, 0.15) is 5.82 Å². The fourth-order valence-corrected chi connectivity index (χ4v) is 3.64. The molecule has 2 aromatic carbocycles. The van der Waals surface area contributed by atoms with Crippen LogP contribution in [-0.2, 0) is 13.0 Å². The van der Waals surface area contributed by atoms with Crippen LogP contribution in [0.1, 0.15) is 28.4 Å². The SMILES string of the molecule is CCN(C)Cc1ccc(-c2[nH]c3cc(F)cc4c3c2CCNC4=O)cc1. The molecular weight excluding hydrogens is 329 g/mol. The van der Waals surface area contributed by atoms with Crippen LogP contribution in [0.3, 0.4) is 0 Å². The Balaban J connectivity index is 1.81. The average Bonchev–Trinajstić information content (AvgIpc) is 2.90. The van der Waals surface area contributed by atoms with Crippen LogP contribution in [0, 0.1) is 5.82 Å². The molecule has 0 spiro atoms. The van der Waals surface area contributed by atoms with Gasteiger partial charge in [-0.3, -0.25) is 4.79 Å². The van der Waals surface area contributed by atoms with E-state index in [0.717, 1.165) is 41.7 Å². The van der Waals surface area contributed by atoms with E-state index in [1.54, 1.807) is 0 Å². The first-order valence-corrected chi connectivity index (χ1v) is 8.97. The Bertz CT molecular complexity index is 975. The van der Waals surface area contributed by atoms with Gasteiger partial charge in [-0.15, -0.1) is 0 Å². The third-order valence-electron chi connectivity index (χ3n) is 5.11. The third kappa shape index (κ3) is 2.88. The summed E-state index contributed by atoms with van der Waals surface area (Å²) in [5, 5.41) is 3.69. The largest absolute Gasteiger partial charge is 0.354 e. The van der Waals surface area contributed by atoms with E-state index in [-0.39, 0.29) is 5.91 Å². The van der Waals surface area contributed by atoms with E-state index < -0.39 is 5.82 Å². The fraction of sp³-hybridized carbons (Fsp3) is 0.286. The average molecular weight is 351 g/mol. The molecule has 5 heteroatoms. The lowest BCUT2D eigenvalue weighted by molar-refractivity contribution is 0.0957. The van der Waals surface area contributed by atoms with E-state index in [0.29, 0.717) is 17.6 Å². The van der Waals surface area contributed by atoms with E-state index in [2.05, 4.69) is 53.4 Å². The first-order valence-electron chi connectivity index (χ1n) is 8.97. The highest BCUT2D eigenvalue weighted by atomic mass is 19.1. The first-order chi connectivity index (χ1) is 12.6. The number of H-pyrrole nitrogens is 1. The van der Waals surface area contributed by atoms with E-state index in [1.165, 1.54) is 17.7 Å². The van der Waals surface area contributed by atoms with Crippen molar-refractivity contribution in [3.05, 3.63) is 58.9 Å². The Hall–Kier alpha value is -2.66. The third-order valence-corrected chi connectivity index (χ3v) is 5.11. The highest BCUT2D eigenvalue weighted by Gasteiger charge is 2.23. The molecule has 4 nitrogen and oxygen atoms in total. The Morgan fingerprint density at radius 3 is 2.69 bits per heavy atom. The summed E-state index contributed by atoms with van der Waals surface area (Å²) < 4.78 is 14.0. The molecule has 2 N–H and O–H groups in total. The minimum Gasteiger partial charge on any atom is -0.354 e. The number of carbonyl (C=O) groups excluding carboxylic acids is 1. The van der Waals surface area contributed by atoms with Crippen LogP contribution in [0.25, 0.3) is 22.2 Å². The Morgan fingerprint density at radius 2 is 1.96 bits per heavy atom. The zero-order chi connectivity index (χ0) is 18.3. The molecule has 0 bridgehead atoms. The zero-order valence-corrected chi connectivity index (χ0v) is 15.0. The lowest BCUT2D eigenvalue weighted by Gasteiger charge is -2.14. The minimum atomic E-state index is -0.401. The Kier molecular flexibility index (Phi) is 4.24. The van der Waals surface area contributed by atoms with Gasteiger partial charge in [0, 0.05) is 29.7 Å². The summed E-state index contributed by atoms with van der Waals surface area (Å²) in [5.74, 6) is -0.612. The zero-order valence-electron chi connectivity index (χ0n) is 15.0. The van der Waals surface area contributed by atoms with Crippen molar-refractivity contribution < 1.29 is 9.18 Å². The number of carbonyl (C=O) groups is 1. The summed E-state index contributed by atoms with van der Waals surface area (Å²) in [5.41, 5.74) is 5.45. The number of rotatable bonds is 4. The van der Waals surface area contributed by atoms with Gasteiger partial charge >= 0.3 is 0 Å². The second-order valence-corrected chi connectivity index (χ2v) is 6.89. The van der Waals surface area contributed by atoms with Gasteiger partial charge in [0.05, 0.1) is 5.56 Å². The lowest BCUT2D eigenvalue weighted by Crippen LogP contribution is -2.23. The summed E-state index contributed by atoms with van der Waals surface area (Å²) in [4.78, 5) is 17.9. The van der Waals surface area contributed by atoms with Crippen LogP contribution in [0.5, 0.6) is 0 Å². The van der Waals surface area contributed by atoms with Crippen molar-refractivity contribution in [1.29, 1.82) is 0 Å². The molecule has 2 heterocycles. The maximum Gasteiger partial charge on any atom is 0.252 e. The minimum absolute atomic E-state index is 0.211. The second kappa shape index (κ2) is 6.57. The van der Waals surface area contributed by atoms with Gasteiger partial charge in [0.2, 0.25) is 0 Å². The van der Waals surface area contributed by atoms with E-state index in [4.69, 9.17) is 0 Å². The Labute approximate surface area is 152 Å². The molecule has 4 rings (SSSR count). The maximum atomic E-state index is 14.0. The predicted octanol–water partition coefficient (Wildman–Crippen LogP) is 3.71. The molecule has 1 aliphatic heterocycles. The van der Waals surface area contributed by atoms with Crippen LogP contribution in [-0.4, -0.2) is 35.9 Å². The van der Waals surface area contributed by atoms with E-state index in [1.807, 2.05) is 0 Å². The smallest absolute Gasteiger partial charge is 0.252 e. The molecule has 0 saturated heterocycles. The number of aromatic amines is 1. The topological polar surface area (TPSA) is 48.1 Å².